The van der Waals surface area contributed by atoms with E-state index in [4.69, 9.17) is 4.74 Å². The molecule has 2 N–H and O–H groups in total. The number of hydrogen-bond acceptors (Lipinski definition) is 3. The zero-order valence-corrected chi connectivity index (χ0v) is 12.0. The Hall–Kier alpha value is -1.06. The molecule has 0 aliphatic carbocycles. The lowest BCUT2D eigenvalue weighted by atomic mass is 10.0. The lowest BCUT2D eigenvalue weighted by molar-refractivity contribution is 0.242. The summed E-state index contributed by atoms with van der Waals surface area (Å²) in [6.45, 7) is 5.15. The Morgan fingerprint density at radius 3 is 2.28 bits per heavy atom. The molecule has 3 heteroatoms. The van der Waals surface area contributed by atoms with Gasteiger partial charge in [-0.15, -0.1) is 0 Å². The van der Waals surface area contributed by atoms with Gasteiger partial charge in [-0.1, -0.05) is 12.1 Å². The molecule has 0 heterocycles. The van der Waals surface area contributed by atoms with Crippen LogP contribution in [0.2, 0.25) is 0 Å². The predicted octanol–water partition coefficient (Wildman–Crippen LogP) is 2.73. The first kappa shape index (κ1) is 15.0. The van der Waals surface area contributed by atoms with Crippen LogP contribution < -0.4 is 15.4 Å². The highest BCUT2D eigenvalue weighted by Gasteiger charge is 2.08. The van der Waals surface area contributed by atoms with Crippen LogP contribution in [-0.4, -0.2) is 26.7 Å². The van der Waals surface area contributed by atoms with Crippen molar-refractivity contribution in [2.45, 2.75) is 38.8 Å². The third kappa shape index (κ3) is 5.07. The molecule has 0 aromatic heterocycles. The summed E-state index contributed by atoms with van der Waals surface area (Å²) in [4.78, 5) is 0. The number of benzene rings is 1. The second-order valence-electron chi connectivity index (χ2n) is 4.82. The van der Waals surface area contributed by atoms with Crippen LogP contribution in [0.15, 0.2) is 24.3 Å². The minimum atomic E-state index is 0.228. The Kier molecular flexibility index (Phi) is 6.76. The van der Waals surface area contributed by atoms with Gasteiger partial charge in [0.05, 0.1) is 6.10 Å². The van der Waals surface area contributed by atoms with Crippen molar-refractivity contribution in [2.75, 3.05) is 20.6 Å². The van der Waals surface area contributed by atoms with Crippen molar-refractivity contribution in [3.05, 3.63) is 29.8 Å². The number of rotatable bonds is 8. The Bertz CT molecular complexity index is 322. The highest BCUT2D eigenvalue weighted by Crippen LogP contribution is 2.21. The standard InChI is InChI=1S/C15H26N2O/c1-12(2)18-14-9-7-13(8-10-14)15(17-4)6-5-11-16-3/h7-10,12,15-17H,5-6,11H2,1-4H3. The molecule has 0 spiro atoms. The van der Waals surface area contributed by atoms with Crippen molar-refractivity contribution in [3.63, 3.8) is 0 Å². The van der Waals surface area contributed by atoms with E-state index in [2.05, 4.69) is 34.9 Å². The molecule has 0 amide bonds. The van der Waals surface area contributed by atoms with Crippen LogP contribution in [0, 0.1) is 0 Å². The Morgan fingerprint density at radius 1 is 1.11 bits per heavy atom. The summed E-state index contributed by atoms with van der Waals surface area (Å²) >= 11 is 0. The quantitative estimate of drug-likeness (QED) is 0.696. The van der Waals surface area contributed by atoms with Gasteiger partial charge in [-0.25, -0.2) is 0 Å². The normalized spacial score (nSPS) is 12.7. The van der Waals surface area contributed by atoms with E-state index in [1.54, 1.807) is 0 Å². The van der Waals surface area contributed by atoms with Gasteiger partial charge in [-0.2, -0.15) is 0 Å². The van der Waals surface area contributed by atoms with Crippen LogP contribution in [0.1, 0.15) is 38.3 Å². The lowest BCUT2D eigenvalue weighted by Gasteiger charge is -2.17. The Balaban J connectivity index is 2.57. The van der Waals surface area contributed by atoms with Crippen molar-refractivity contribution in [1.29, 1.82) is 0 Å². The summed E-state index contributed by atoms with van der Waals surface area (Å²) in [6.07, 6.45) is 2.54. The monoisotopic (exact) mass is 250 g/mol. The molecule has 0 fully saturated rings. The summed E-state index contributed by atoms with van der Waals surface area (Å²) in [5.74, 6) is 0.943. The third-order valence-electron chi connectivity index (χ3n) is 2.92. The fraction of sp³-hybridized carbons (Fsp3) is 0.600. The fourth-order valence-corrected chi connectivity index (χ4v) is 2.01. The van der Waals surface area contributed by atoms with E-state index in [0.717, 1.165) is 18.7 Å². The zero-order valence-electron chi connectivity index (χ0n) is 12.0. The molecule has 3 nitrogen and oxygen atoms in total. The van der Waals surface area contributed by atoms with Gasteiger partial charge in [0.25, 0.3) is 0 Å². The summed E-state index contributed by atoms with van der Waals surface area (Å²) in [5, 5.41) is 6.55. The molecule has 0 saturated heterocycles. The molecule has 0 aliphatic rings. The van der Waals surface area contributed by atoms with Gasteiger partial charge in [0.1, 0.15) is 5.75 Å². The molecule has 102 valence electrons. The molecule has 1 rings (SSSR count). The topological polar surface area (TPSA) is 33.3 Å². The van der Waals surface area contributed by atoms with E-state index < -0.39 is 0 Å². The first-order valence-corrected chi connectivity index (χ1v) is 6.76. The van der Waals surface area contributed by atoms with Crippen molar-refractivity contribution < 1.29 is 4.74 Å². The molecule has 18 heavy (non-hydrogen) atoms. The van der Waals surface area contributed by atoms with Gasteiger partial charge in [-0.3, -0.25) is 0 Å². The van der Waals surface area contributed by atoms with Crippen LogP contribution in [0.5, 0.6) is 5.75 Å². The first-order chi connectivity index (χ1) is 8.67. The van der Waals surface area contributed by atoms with Gasteiger partial charge >= 0.3 is 0 Å². The van der Waals surface area contributed by atoms with Crippen molar-refractivity contribution in [3.8, 4) is 5.75 Å². The third-order valence-corrected chi connectivity index (χ3v) is 2.92. The fourth-order valence-electron chi connectivity index (χ4n) is 2.01. The largest absolute Gasteiger partial charge is 0.491 e. The molecule has 0 radical (unpaired) electrons. The van der Waals surface area contributed by atoms with E-state index in [-0.39, 0.29) is 6.10 Å². The molecule has 1 aromatic rings. The number of nitrogens with one attached hydrogen (secondary N) is 2. The zero-order chi connectivity index (χ0) is 13.4. The summed E-state index contributed by atoms with van der Waals surface area (Å²) in [5.41, 5.74) is 1.32. The highest BCUT2D eigenvalue weighted by atomic mass is 16.5. The van der Waals surface area contributed by atoms with E-state index in [9.17, 15) is 0 Å². The van der Waals surface area contributed by atoms with E-state index in [1.165, 1.54) is 12.0 Å². The van der Waals surface area contributed by atoms with Crippen molar-refractivity contribution in [1.82, 2.24) is 10.6 Å². The Morgan fingerprint density at radius 2 is 1.78 bits per heavy atom. The number of hydrogen-bond donors (Lipinski definition) is 2. The van der Waals surface area contributed by atoms with Gasteiger partial charge in [-0.05, 0) is 65.0 Å². The molecule has 0 aliphatic heterocycles. The molecule has 0 bridgehead atoms. The second kappa shape index (κ2) is 8.11. The maximum absolute atomic E-state index is 5.65. The molecule has 0 saturated carbocycles. The smallest absolute Gasteiger partial charge is 0.119 e. The maximum atomic E-state index is 5.65. The minimum Gasteiger partial charge on any atom is -0.491 e. The molecule has 1 aromatic carbocycles. The molecule has 1 atom stereocenters. The predicted molar refractivity (Wildman–Crippen MR) is 77.2 cm³/mol. The maximum Gasteiger partial charge on any atom is 0.119 e. The number of ether oxygens (including phenoxy) is 1. The minimum absolute atomic E-state index is 0.228. The SMILES string of the molecule is CNCCCC(NC)c1ccc(OC(C)C)cc1. The van der Waals surface area contributed by atoms with Gasteiger partial charge in [0, 0.05) is 6.04 Å². The van der Waals surface area contributed by atoms with E-state index >= 15 is 0 Å². The van der Waals surface area contributed by atoms with Crippen LogP contribution in [0.4, 0.5) is 0 Å². The van der Waals surface area contributed by atoms with Crippen molar-refractivity contribution in [2.24, 2.45) is 0 Å². The summed E-state index contributed by atoms with van der Waals surface area (Å²) in [6, 6.07) is 8.83. The summed E-state index contributed by atoms with van der Waals surface area (Å²) < 4.78 is 5.65. The van der Waals surface area contributed by atoms with Crippen LogP contribution in [0.25, 0.3) is 0 Å². The molecular weight excluding hydrogens is 224 g/mol. The van der Waals surface area contributed by atoms with Gasteiger partial charge in [0.2, 0.25) is 0 Å². The van der Waals surface area contributed by atoms with E-state index in [0.29, 0.717) is 6.04 Å². The van der Waals surface area contributed by atoms with Crippen molar-refractivity contribution >= 4 is 0 Å². The van der Waals surface area contributed by atoms with Crippen LogP contribution in [0.3, 0.4) is 0 Å². The highest BCUT2D eigenvalue weighted by molar-refractivity contribution is 5.29. The molecular formula is C15H26N2O. The van der Waals surface area contributed by atoms with Crippen LogP contribution in [-0.2, 0) is 0 Å². The van der Waals surface area contributed by atoms with Crippen LogP contribution >= 0.6 is 0 Å². The summed E-state index contributed by atoms with van der Waals surface area (Å²) in [7, 11) is 4.01. The average molecular weight is 250 g/mol. The first-order valence-electron chi connectivity index (χ1n) is 6.76. The Labute approximate surface area is 111 Å². The second-order valence-corrected chi connectivity index (χ2v) is 4.82. The van der Waals surface area contributed by atoms with Gasteiger partial charge < -0.3 is 15.4 Å². The van der Waals surface area contributed by atoms with E-state index in [1.807, 2.05) is 27.9 Å². The lowest BCUT2D eigenvalue weighted by Crippen LogP contribution is -2.18. The van der Waals surface area contributed by atoms with Gasteiger partial charge in [0.15, 0.2) is 0 Å². The molecule has 1 unspecified atom stereocenters. The average Bonchev–Trinajstić information content (AvgIpc) is 2.35.